The third-order valence-electron chi connectivity index (χ3n) is 6.17. The highest BCUT2D eigenvalue weighted by Crippen LogP contribution is 2.48. The molecule has 1 unspecified atom stereocenters. The van der Waals surface area contributed by atoms with E-state index in [1.807, 2.05) is 6.07 Å². The molecule has 4 aliphatic rings. The fraction of sp³-hybridized carbons (Fsp3) is 0.450. The quantitative estimate of drug-likeness (QED) is 0.641. The fourth-order valence-corrected chi connectivity index (χ4v) is 5.04. The van der Waals surface area contributed by atoms with Crippen LogP contribution in [0, 0.1) is 5.92 Å². The Kier molecular flexibility index (Phi) is 3.30. The molecule has 0 aliphatic carbocycles. The van der Waals surface area contributed by atoms with E-state index in [1.165, 1.54) is 23.6 Å². The lowest BCUT2D eigenvalue weighted by molar-refractivity contribution is -0.153. The average Bonchev–Trinajstić information content (AvgIpc) is 2.86. The molecule has 5 heteroatoms. The van der Waals surface area contributed by atoms with Crippen LogP contribution in [0.5, 0.6) is 0 Å². The third kappa shape index (κ3) is 1.99. The van der Waals surface area contributed by atoms with Crippen LogP contribution in [0.2, 0.25) is 0 Å². The van der Waals surface area contributed by atoms with E-state index in [2.05, 4.69) is 34.2 Å². The van der Waals surface area contributed by atoms with Crippen molar-refractivity contribution in [2.45, 2.75) is 18.4 Å². The number of H-pyrrole nitrogens is 1. The van der Waals surface area contributed by atoms with Crippen molar-refractivity contribution in [2.24, 2.45) is 5.92 Å². The van der Waals surface area contributed by atoms with Crippen LogP contribution in [0.4, 0.5) is 0 Å². The van der Waals surface area contributed by atoms with Crippen molar-refractivity contribution in [2.75, 3.05) is 33.4 Å². The van der Waals surface area contributed by atoms with Gasteiger partial charge in [-0.3, -0.25) is 9.69 Å². The van der Waals surface area contributed by atoms with E-state index in [0.717, 1.165) is 37.3 Å². The van der Waals surface area contributed by atoms with E-state index in [-0.39, 0.29) is 11.9 Å². The molecule has 0 spiro atoms. The Morgan fingerprint density at radius 3 is 3.12 bits per heavy atom. The lowest BCUT2D eigenvalue weighted by Gasteiger charge is -2.45. The number of methoxy groups -OCH3 is 1. The minimum Gasteiger partial charge on any atom is -0.468 e. The monoisotopic (exact) mass is 338 g/mol. The normalized spacial score (nSPS) is 30.8. The maximum atomic E-state index is 13.2. The van der Waals surface area contributed by atoms with Crippen molar-refractivity contribution >= 4 is 16.9 Å². The fourth-order valence-electron chi connectivity index (χ4n) is 5.04. The Bertz CT molecular complexity index is 884. The number of ether oxygens (including phenoxy) is 2. The molecule has 0 saturated carbocycles. The zero-order valence-electron chi connectivity index (χ0n) is 14.4. The lowest BCUT2D eigenvalue weighted by Crippen LogP contribution is -2.54. The van der Waals surface area contributed by atoms with Gasteiger partial charge in [-0.25, -0.2) is 0 Å². The first-order valence-corrected chi connectivity index (χ1v) is 8.91. The predicted molar refractivity (Wildman–Crippen MR) is 94.3 cm³/mol. The lowest BCUT2D eigenvalue weighted by atomic mass is 9.65. The molecular weight excluding hydrogens is 316 g/mol. The van der Waals surface area contributed by atoms with E-state index in [4.69, 9.17) is 9.47 Å². The molecule has 2 aromatic rings. The van der Waals surface area contributed by atoms with Crippen LogP contribution in [-0.4, -0.2) is 49.3 Å². The van der Waals surface area contributed by atoms with Crippen LogP contribution in [0.15, 0.2) is 35.9 Å². The number of fused-ring (bicyclic) bond motifs is 2. The van der Waals surface area contributed by atoms with E-state index in [0.29, 0.717) is 13.2 Å². The number of benzene rings is 1. The summed E-state index contributed by atoms with van der Waals surface area (Å²) in [6.45, 7) is 3.69. The molecule has 4 aliphatic heterocycles. The molecule has 6 rings (SSSR count). The van der Waals surface area contributed by atoms with Gasteiger partial charge in [-0.1, -0.05) is 29.8 Å². The molecule has 130 valence electrons. The summed E-state index contributed by atoms with van der Waals surface area (Å²) < 4.78 is 11.3. The van der Waals surface area contributed by atoms with Gasteiger partial charge < -0.3 is 14.5 Å². The highest BCUT2D eigenvalue weighted by molar-refractivity contribution is 5.91. The van der Waals surface area contributed by atoms with E-state index < -0.39 is 5.41 Å². The number of hydrogen-bond acceptors (Lipinski definition) is 4. The maximum absolute atomic E-state index is 13.2. The summed E-state index contributed by atoms with van der Waals surface area (Å²) in [5.74, 6) is -0.0562. The Hall–Kier alpha value is -2.11. The van der Waals surface area contributed by atoms with Crippen LogP contribution in [-0.2, 0) is 26.2 Å². The molecule has 0 radical (unpaired) electrons. The number of aromatic nitrogens is 1. The molecular formula is C20H22N2O3. The van der Waals surface area contributed by atoms with Gasteiger partial charge in [0.25, 0.3) is 0 Å². The highest BCUT2D eigenvalue weighted by atomic mass is 16.5. The summed E-state index contributed by atoms with van der Waals surface area (Å²) in [7, 11) is 1.49. The Morgan fingerprint density at radius 1 is 1.36 bits per heavy atom. The van der Waals surface area contributed by atoms with Crippen molar-refractivity contribution in [3.8, 4) is 0 Å². The number of nitrogens with one attached hydrogen (secondary N) is 1. The van der Waals surface area contributed by atoms with Gasteiger partial charge in [0.2, 0.25) is 0 Å². The first-order valence-electron chi connectivity index (χ1n) is 8.91. The number of carbonyl (C=O) groups excluding carboxylic acids is 1. The summed E-state index contributed by atoms with van der Waals surface area (Å²) in [6, 6.07) is 8.31. The third-order valence-corrected chi connectivity index (χ3v) is 6.17. The number of rotatable bonds is 1. The number of carbonyl (C=O) groups is 1. The molecule has 3 atom stereocenters. The summed E-state index contributed by atoms with van der Waals surface area (Å²) in [5, 5.41) is 1.20. The Balaban J connectivity index is 1.86. The molecule has 1 saturated heterocycles. The number of para-hydroxylation sites is 1. The van der Waals surface area contributed by atoms with Gasteiger partial charge in [-0.2, -0.15) is 0 Å². The number of piperidine rings is 1. The summed E-state index contributed by atoms with van der Waals surface area (Å²) >= 11 is 0. The second kappa shape index (κ2) is 5.44. The maximum Gasteiger partial charge on any atom is 0.320 e. The molecule has 0 amide bonds. The number of nitrogens with zero attached hydrogens (tertiary/aromatic N) is 1. The summed E-state index contributed by atoms with van der Waals surface area (Å²) in [5.41, 5.74) is 3.82. The van der Waals surface area contributed by atoms with E-state index >= 15 is 0 Å². The first kappa shape index (κ1) is 15.2. The van der Waals surface area contributed by atoms with Crippen LogP contribution < -0.4 is 0 Å². The van der Waals surface area contributed by atoms with E-state index in [9.17, 15) is 4.79 Å². The van der Waals surface area contributed by atoms with Gasteiger partial charge in [-0.15, -0.1) is 0 Å². The van der Waals surface area contributed by atoms with Gasteiger partial charge in [0.05, 0.1) is 20.3 Å². The second-order valence-corrected chi connectivity index (χ2v) is 7.33. The minimum absolute atomic E-state index is 0.130. The topological polar surface area (TPSA) is 54.6 Å². The van der Waals surface area contributed by atoms with Gasteiger partial charge in [-0.05, 0) is 24.6 Å². The molecule has 1 fully saturated rings. The van der Waals surface area contributed by atoms with Gasteiger partial charge in [0, 0.05) is 35.6 Å². The number of aromatic amines is 1. The predicted octanol–water partition coefficient (Wildman–Crippen LogP) is 2.37. The molecule has 1 aromatic carbocycles. The molecule has 4 bridgehead atoms. The van der Waals surface area contributed by atoms with Crippen LogP contribution >= 0.6 is 0 Å². The zero-order valence-corrected chi connectivity index (χ0v) is 14.4. The highest BCUT2D eigenvalue weighted by Gasteiger charge is 2.55. The first-order chi connectivity index (χ1) is 12.2. The van der Waals surface area contributed by atoms with Crippen molar-refractivity contribution < 1.29 is 14.3 Å². The zero-order chi connectivity index (χ0) is 17.0. The molecule has 5 heterocycles. The summed E-state index contributed by atoms with van der Waals surface area (Å²) in [4.78, 5) is 19.2. The van der Waals surface area contributed by atoms with Crippen molar-refractivity contribution in [1.82, 2.24) is 9.88 Å². The average molecular weight is 338 g/mol. The van der Waals surface area contributed by atoms with Gasteiger partial charge >= 0.3 is 5.97 Å². The van der Waals surface area contributed by atoms with Crippen molar-refractivity contribution in [3.63, 3.8) is 0 Å². The van der Waals surface area contributed by atoms with Crippen molar-refractivity contribution in [1.29, 1.82) is 0 Å². The molecule has 1 N–H and O–H groups in total. The van der Waals surface area contributed by atoms with Gasteiger partial charge in [0.15, 0.2) is 0 Å². The largest absolute Gasteiger partial charge is 0.468 e. The minimum atomic E-state index is -0.780. The molecule has 5 nitrogen and oxygen atoms in total. The number of esters is 1. The van der Waals surface area contributed by atoms with Crippen LogP contribution in [0.3, 0.4) is 0 Å². The smallest absolute Gasteiger partial charge is 0.320 e. The van der Waals surface area contributed by atoms with E-state index in [1.54, 1.807) is 0 Å². The Morgan fingerprint density at radius 2 is 2.24 bits per heavy atom. The second-order valence-electron chi connectivity index (χ2n) is 7.33. The standard InChI is InChI=1S/C20H22N2O3/c1-24-19(23)20-12-25-9-7-13-10-22(8-6-16(13)20)11-15-14-4-2-3-5-17(14)21-18(15)20/h2-5,7,16,21H,6,8-12H2,1H3/t16-,20-/m0/s1. The SMILES string of the molecule is COC(=O)[C@@]12COCC=C3CN(CC[C@@H]31)Cc1c2[nH]c2ccccc12. The van der Waals surface area contributed by atoms with Crippen LogP contribution in [0.1, 0.15) is 17.7 Å². The van der Waals surface area contributed by atoms with Crippen molar-refractivity contribution in [3.05, 3.63) is 47.2 Å². The number of hydrogen-bond donors (Lipinski definition) is 1. The Labute approximate surface area is 146 Å². The summed E-state index contributed by atoms with van der Waals surface area (Å²) in [6.07, 6.45) is 3.13. The van der Waals surface area contributed by atoms with Crippen LogP contribution in [0.25, 0.3) is 10.9 Å². The molecule has 1 aromatic heterocycles. The van der Waals surface area contributed by atoms with Gasteiger partial charge in [0.1, 0.15) is 5.41 Å². The molecule has 25 heavy (non-hydrogen) atoms.